The number of aromatic amines is 1. The maximum absolute atomic E-state index is 12.0. The van der Waals surface area contributed by atoms with Crippen LogP contribution in [-0.4, -0.2) is 30.8 Å². The average molecular weight is 311 g/mol. The van der Waals surface area contributed by atoms with Gasteiger partial charge in [-0.05, 0) is 5.92 Å². The number of carbonyl (C=O) groups is 1. The number of H-pyrrole nitrogens is 1. The first kappa shape index (κ1) is 15.4. The van der Waals surface area contributed by atoms with Gasteiger partial charge in [0.2, 0.25) is 0 Å². The van der Waals surface area contributed by atoms with Crippen LogP contribution in [0.2, 0.25) is 0 Å². The molecule has 0 radical (unpaired) electrons. The van der Waals surface area contributed by atoms with Gasteiger partial charge in [-0.2, -0.15) is 0 Å². The van der Waals surface area contributed by atoms with E-state index in [9.17, 15) is 19.5 Å². The summed E-state index contributed by atoms with van der Waals surface area (Å²) in [6.07, 6.45) is 0. The molecule has 21 heavy (non-hydrogen) atoms. The normalized spacial score (nSPS) is 11.4. The smallest absolute Gasteiger partial charge is 0.329 e. The molecule has 0 unspecified atom stereocenters. The van der Waals surface area contributed by atoms with Crippen molar-refractivity contribution < 1.29 is 9.90 Å². The number of carboxylic acids is 1. The van der Waals surface area contributed by atoms with Gasteiger partial charge in [-0.1, -0.05) is 25.6 Å². The summed E-state index contributed by atoms with van der Waals surface area (Å²) in [6.45, 7) is 4.43. The number of aliphatic carboxylic acids is 1. The van der Waals surface area contributed by atoms with E-state index in [-0.39, 0.29) is 22.8 Å². The topological polar surface area (TPSA) is 113 Å². The van der Waals surface area contributed by atoms with Crippen LogP contribution >= 0.6 is 11.8 Å². The van der Waals surface area contributed by atoms with Gasteiger partial charge in [0.25, 0.3) is 5.56 Å². The highest BCUT2D eigenvalue weighted by molar-refractivity contribution is 7.99. The Kier molecular flexibility index (Phi) is 4.21. The van der Waals surface area contributed by atoms with E-state index >= 15 is 0 Å². The Morgan fingerprint density at radius 2 is 2.10 bits per heavy atom. The predicted molar refractivity (Wildman–Crippen MR) is 76.2 cm³/mol. The first-order valence-corrected chi connectivity index (χ1v) is 7.32. The second-order valence-corrected chi connectivity index (χ2v) is 5.99. The highest BCUT2D eigenvalue weighted by Gasteiger charge is 2.18. The van der Waals surface area contributed by atoms with E-state index in [2.05, 4.69) is 9.97 Å². The van der Waals surface area contributed by atoms with E-state index in [1.54, 1.807) is 4.57 Å². The van der Waals surface area contributed by atoms with Gasteiger partial charge in [0.15, 0.2) is 16.3 Å². The summed E-state index contributed by atoms with van der Waals surface area (Å²) in [6, 6.07) is 0. The number of aromatic nitrogens is 4. The molecule has 8 nitrogen and oxygen atoms in total. The number of carbonyl (C=O) groups excluding carboxylic acids is 1. The van der Waals surface area contributed by atoms with Gasteiger partial charge in [0, 0.05) is 19.3 Å². The van der Waals surface area contributed by atoms with Crippen molar-refractivity contribution in [3.8, 4) is 0 Å². The Labute approximate surface area is 123 Å². The minimum absolute atomic E-state index is 0.223. The van der Waals surface area contributed by atoms with Crippen LogP contribution in [0.15, 0.2) is 14.7 Å². The maximum Gasteiger partial charge on any atom is 0.329 e. The lowest BCUT2D eigenvalue weighted by atomic mass is 10.2. The summed E-state index contributed by atoms with van der Waals surface area (Å²) in [5.74, 6) is -1.26. The zero-order valence-electron chi connectivity index (χ0n) is 11.9. The molecule has 9 heteroatoms. The van der Waals surface area contributed by atoms with Crippen LogP contribution in [0.5, 0.6) is 0 Å². The zero-order chi connectivity index (χ0) is 15.7. The third-order valence-corrected chi connectivity index (χ3v) is 3.79. The molecule has 2 aromatic heterocycles. The number of hydrogen-bond acceptors (Lipinski definition) is 6. The second kappa shape index (κ2) is 5.76. The molecule has 0 spiro atoms. The Hall–Kier alpha value is -2.03. The second-order valence-electron chi connectivity index (χ2n) is 5.05. The van der Waals surface area contributed by atoms with E-state index in [4.69, 9.17) is 0 Å². The van der Waals surface area contributed by atoms with Crippen LogP contribution in [0, 0.1) is 5.92 Å². The van der Waals surface area contributed by atoms with Crippen LogP contribution in [0.1, 0.15) is 13.8 Å². The maximum atomic E-state index is 12.0. The molecule has 0 amide bonds. The van der Waals surface area contributed by atoms with Crippen molar-refractivity contribution in [1.29, 1.82) is 0 Å². The van der Waals surface area contributed by atoms with Crippen molar-refractivity contribution in [3.63, 3.8) is 0 Å². The molecule has 0 aliphatic rings. The van der Waals surface area contributed by atoms with Crippen molar-refractivity contribution in [2.45, 2.75) is 25.5 Å². The Morgan fingerprint density at radius 1 is 1.43 bits per heavy atom. The van der Waals surface area contributed by atoms with Crippen LogP contribution < -0.4 is 16.4 Å². The van der Waals surface area contributed by atoms with Gasteiger partial charge in [0.1, 0.15) is 0 Å². The number of aryl methyl sites for hydroxylation is 1. The van der Waals surface area contributed by atoms with E-state index in [1.807, 2.05) is 13.8 Å². The fourth-order valence-corrected chi connectivity index (χ4v) is 2.70. The van der Waals surface area contributed by atoms with Gasteiger partial charge >= 0.3 is 5.69 Å². The lowest BCUT2D eigenvalue weighted by Crippen LogP contribution is -2.29. The molecule has 1 N–H and O–H groups in total. The van der Waals surface area contributed by atoms with Gasteiger partial charge < -0.3 is 14.5 Å². The first-order chi connectivity index (χ1) is 9.81. The molecule has 0 aromatic carbocycles. The fraction of sp³-hybridized carbons (Fsp3) is 0.500. The molecule has 2 heterocycles. The van der Waals surface area contributed by atoms with Crippen molar-refractivity contribution in [1.82, 2.24) is 19.1 Å². The molecule has 0 aliphatic carbocycles. The SMILES string of the molecule is CC(C)Cn1c(SCC(=O)[O-])nc2c1c(=O)[nH]c(=O)n2C. The Balaban J connectivity index is 2.69. The molecule has 0 atom stereocenters. The van der Waals surface area contributed by atoms with E-state index in [0.29, 0.717) is 11.7 Å². The summed E-state index contributed by atoms with van der Waals surface area (Å²) in [5.41, 5.74) is -0.573. The zero-order valence-corrected chi connectivity index (χ0v) is 12.7. The van der Waals surface area contributed by atoms with E-state index in [0.717, 1.165) is 11.8 Å². The van der Waals surface area contributed by atoms with Gasteiger partial charge in [-0.15, -0.1) is 0 Å². The largest absolute Gasteiger partial charge is 0.549 e. The monoisotopic (exact) mass is 311 g/mol. The third-order valence-electron chi connectivity index (χ3n) is 2.84. The van der Waals surface area contributed by atoms with Crippen molar-refractivity contribution >= 4 is 28.9 Å². The summed E-state index contributed by atoms with van der Waals surface area (Å²) in [5, 5.41) is 11.0. The number of thioether (sulfide) groups is 1. The molecule has 0 bridgehead atoms. The number of imidazole rings is 1. The van der Waals surface area contributed by atoms with Crippen LogP contribution in [0.4, 0.5) is 0 Å². The highest BCUT2D eigenvalue weighted by Crippen LogP contribution is 2.22. The van der Waals surface area contributed by atoms with Crippen LogP contribution in [0.25, 0.3) is 11.2 Å². The third kappa shape index (κ3) is 3.02. The Bertz CT molecular complexity index is 802. The van der Waals surface area contributed by atoms with Gasteiger partial charge in [-0.25, -0.2) is 9.78 Å². The Morgan fingerprint density at radius 3 is 2.67 bits per heavy atom. The van der Waals surface area contributed by atoms with Crippen molar-refractivity contribution in [2.24, 2.45) is 13.0 Å². The van der Waals surface area contributed by atoms with Gasteiger partial charge in [0.05, 0.1) is 5.97 Å². The summed E-state index contributed by atoms with van der Waals surface area (Å²) in [7, 11) is 1.50. The predicted octanol–water partition coefficient (Wildman–Crippen LogP) is -1.08. The molecular weight excluding hydrogens is 296 g/mol. The number of fused-ring (bicyclic) bond motifs is 1. The molecule has 0 aliphatic heterocycles. The van der Waals surface area contributed by atoms with Crippen LogP contribution in [0.3, 0.4) is 0 Å². The number of nitrogens with zero attached hydrogens (tertiary/aromatic N) is 3. The quantitative estimate of drug-likeness (QED) is 0.703. The number of nitrogens with one attached hydrogen (secondary N) is 1. The minimum atomic E-state index is -1.22. The molecular formula is C12H15N4O4S-. The minimum Gasteiger partial charge on any atom is -0.549 e. The standard InChI is InChI=1S/C12H16N4O4S/c1-6(2)4-16-8-9(13-12(16)21-5-7(17)18)15(3)11(20)14-10(8)19/h6H,4-5H2,1-3H3,(H,17,18)(H,14,19,20)/p-1. The summed E-state index contributed by atoms with van der Waals surface area (Å²) in [4.78, 5) is 40.7. The lowest BCUT2D eigenvalue weighted by Gasteiger charge is -2.10. The summed E-state index contributed by atoms with van der Waals surface area (Å²) >= 11 is 0.968. The van der Waals surface area contributed by atoms with E-state index < -0.39 is 17.2 Å². The number of carboxylic acid groups (broad SMARTS) is 1. The molecule has 2 rings (SSSR count). The molecule has 0 fully saturated rings. The molecule has 0 saturated heterocycles. The lowest BCUT2D eigenvalue weighted by molar-refractivity contribution is -0.301. The first-order valence-electron chi connectivity index (χ1n) is 6.33. The fourth-order valence-electron chi connectivity index (χ4n) is 1.98. The molecule has 114 valence electrons. The summed E-state index contributed by atoms with van der Waals surface area (Å²) < 4.78 is 2.88. The van der Waals surface area contributed by atoms with Crippen LogP contribution in [-0.2, 0) is 18.4 Å². The molecule has 0 saturated carbocycles. The number of hydrogen-bond donors (Lipinski definition) is 1. The number of rotatable bonds is 5. The molecule has 2 aromatic rings. The van der Waals surface area contributed by atoms with Crippen molar-refractivity contribution in [3.05, 3.63) is 20.8 Å². The van der Waals surface area contributed by atoms with Crippen molar-refractivity contribution in [2.75, 3.05) is 5.75 Å². The average Bonchev–Trinajstić information content (AvgIpc) is 2.72. The van der Waals surface area contributed by atoms with Gasteiger partial charge in [-0.3, -0.25) is 14.3 Å². The van der Waals surface area contributed by atoms with E-state index in [1.165, 1.54) is 11.6 Å². The highest BCUT2D eigenvalue weighted by atomic mass is 32.2.